The maximum Gasteiger partial charge on any atom is 0.0656 e. The van der Waals surface area contributed by atoms with Crippen LogP contribution in [-0.4, -0.2) is 9.13 Å². The Bertz CT molecular complexity index is 2240. The fraction of sp³-hybridized carbons (Fsp3) is 0. The third-order valence-corrected chi connectivity index (χ3v) is 8.70. The van der Waals surface area contributed by atoms with Gasteiger partial charge in [-0.2, -0.15) is 0 Å². The Labute approximate surface area is 230 Å². The van der Waals surface area contributed by atoms with Crippen LogP contribution in [0.4, 0.5) is 0 Å². The Kier molecular flexibility index (Phi) is 5.29. The van der Waals surface area contributed by atoms with Gasteiger partial charge in [-0.05, 0) is 36.4 Å². The summed E-state index contributed by atoms with van der Waals surface area (Å²) >= 11 is 1.86. The Morgan fingerprint density at radius 2 is 1.26 bits per heavy atom. The monoisotopic (exact) mass is 518 g/mol. The van der Waals surface area contributed by atoms with Crippen molar-refractivity contribution >= 4 is 86.5 Å². The van der Waals surface area contributed by atoms with Gasteiger partial charge in [0, 0.05) is 53.1 Å². The second-order valence-corrected chi connectivity index (χ2v) is 10.6. The Morgan fingerprint density at radius 1 is 0.667 bits per heavy atom. The molecule has 0 unspecified atom stereocenters. The van der Waals surface area contributed by atoms with E-state index < -0.39 is 0 Å². The number of allylic oxidation sites excluding steroid dienone is 8. The van der Waals surface area contributed by atoms with E-state index in [1.807, 2.05) is 41.7 Å². The first-order valence-electron chi connectivity index (χ1n) is 12.9. The van der Waals surface area contributed by atoms with Crippen molar-refractivity contribution in [1.29, 1.82) is 0 Å². The predicted molar refractivity (Wildman–Crippen MR) is 175 cm³/mol. The molecule has 186 valence electrons. The van der Waals surface area contributed by atoms with Crippen molar-refractivity contribution in [3.8, 4) is 0 Å². The van der Waals surface area contributed by atoms with Gasteiger partial charge in [0.15, 0.2) is 0 Å². The lowest BCUT2D eigenvalue weighted by atomic mass is 10.0. The van der Waals surface area contributed by atoms with Gasteiger partial charge in [-0.1, -0.05) is 99.1 Å². The van der Waals surface area contributed by atoms with Crippen LogP contribution in [0.25, 0.3) is 75.2 Å². The van der Waals surface area contributed by atoms with E-state index in [4.69, 9.17) is 0 Å². The number of aromatic nitrogens is 2. The lowest BCUT2D eigenvalue weighted by Gasteiger charge is -2.12. The molecule has 7 aromatic rings. The van der Waals surface area contributed by atoms with Crippen molar-refractivity contribution in [2.45, 2.75) is 0 Å². The van der Waals surface area contributed by atoms with Gasteiger partial charge in [0.1, 0.15) is 0 Å². The Balaban J connectivity index is 1.91. The van der Waals surface area contributed by atoms with Crippen LogP contribution in [0.15, 0.2) is 136 Å². The van der Waals surface area contributed by atoms with Crippen LogP contribution in [0.2, 0.25) is 0 Å². The molecule has 0 amide bonds. The van der Waals surface area contributed by atoms with Gasteiger partial charge < -0.3 is 9.13 Å². The topological polar surface area (TPSA) is 9.86 Å². The molecule has 7 rings (SSSR count). The highest BCUT2D eigenvalue weighted by molar-refractivity contribution is 7.27. The van der Waals surface area contributed by atoms with Gasteiger partial charge in [-0.3, -0.25) is 0 Å². The summed E-state index contributed by atoms with van der Waals surface area (Å²) in [5, 5.41) is 7.41. The highest BCUT2D eigenvalue weighted by atomic mass is 32.1. The molecule has 3 aromatic heterocycles. The number of rotatable bonds is 6. The molecule has 4 aromatic carbocycles. The normalized spacial score (nSPS) is 12.6. The van der Waals surface area contributed by atoms with E-state index in [2.05, 4.69) is 108 Å². The van der Waals surface area contributed by atoms with Crippen LogP contribution in [0.5, 0.6) is 0 Å². The predicted octanol–water partition coefficient (Wildman–Crippen LogP) is 10.7. The fourth-order valence-corrected chi connectivity index (χ4v) is 7.32. The molecule has 3 heterocycles. The number of benzene rings is 4. The van der Waals surface area contributed by atoms with E-state index in [1.54, 1.807) is 6.08 Å². The van der Waals surface area contributed by atoms with Crippen LogP contribution in [0.1, 0.15) is 0 Å². The number of nitrogens with zero attached hydrogens (tertiary/aromatic N) is 2. The van der Waals surface area contributed by atoms with Gasteiger partial charge in [0.05, 0.1) is 22.1 Å². The molecule has 0 fully saturated rings. The highest BCUT2D eigenvalue weighted by Gasteiger charge is 2.26. The molecular formula is C36H26N2S. The lowest BCUT2D eigenvalue weighted by Crippen LogP contribution is -1.96. The molecule has 0 aliphatic carbocycles. The molecule has 0 N–H and O–H groups in total. The van der Waals surface area contributed by atoms with E-state index in [-0.39, 0.29) is 0 Å². The first-order valence-corrected chi connectivity index (χ1v) is 13.7. The van der Waals surface area contributed by atoms with E-state index in [0.717, 1.165) is 22.4 Å². The van der Waals surface area contributed by atoms with Crippen LogP contribution < -0.4 is 0 Å². The number of hydrogen-bond acceptors (Lipinski definition) is 1. The summed E-state index contributed by atoms with van der Waals surface area (Å²) in [6, 6.07) is 26.0. The molecule has 3 heteroatoms. The summed E-state index contributed by atoms with van der Waals surface area (Å²) in [4.78, 5) is 0. The molecule has 2 nitrogen and oxygen atoms in total. The summed E-state index contributed by atoms with van der Waals surface area (Å²) in [7, 11) is 0. The summed E-state index contributed by atoms with van der Waals surface area (Å²) < 4.78 is 7.22. The molecule has 39 heavy (non-hydrogen) atoms. The zero-order valence-corrected chi connectivity index (χ0v) is 22.3. The van der Waals surface area contributed by atoms with Gasteiger partial charge >= 0.3 is 0 Å². The number of para-hydroxylation sites is 2. The minimum atomic E-state index is 0.894. The van der Waals surface area contributed by atoms with Crippen LogP contribution in [0.3, 0.4) is 0 Å². The molecular weight excluding hydrogens is 492 g/mol. The van der Waals surface area contributed by atoms with Crippen molar-refractivity contribution < 1.29 is 0 Å². The number of thiophene rings is 1. The molecule has 0 radical (unpaired) electrons. The fourth-order valence-electron chi connectivity index (χ4n) is 6.05. The largest absolute Gasteiger partial charge is 0.309 e. The Hall–Kier alpha value is -4.86. The first-order chi connectivity index (χ1) is 19.2. The molecule has 0 saturated heterocycles. The zero-order chi connectivity index (χ0) is 26.7. The summed E-state index contributed by atoms with van der Waals surface area (Å²) in [5.41, 5.74) is 6.49. The minimum Gasteiger partial charge on any atom is -0.309 e. The number of fused-ring (bicyclic) bond motifs is 12. The van der Waals surface area contributed by atoms with E-state index >= 15 is 0 Å². The quantitative estimate of drug-likeness (QED) is 0.194. The van der Waals surface area contributed by atoms with Gasteiger partial charge in [-0.25, -0.2) is 0 Å². The smallest absolute Gasteiger partial charge is 0.0656 e. The summed E-state index contributed by atoms with van der Waals surface area (Å²) in [6.45, 7) is 16.6. The highest BCUT2D eigenvalue weighted by Crippen LogP contribution is 2.50. The van der Waals surface area contributed by atoms with Gasteiger partial charge in [0.25, 0.3) is 0 Å². The summed E-state index contributed by atoms with van der Waals surface area (Å²) in [6.07, 6.45) is 11.6. The third-order valence-electron chi connectivity index (χ3n) is 7.51. The second-order valence-electron chi connectivity index (χ2n) is 9.57. The molecule has 0 aliphatic rings. The zero-order valence-electron chi connectivity index (χ0n) is 21.5. The average molecular weight is 519 g/mol. The van der Waals surface area contributed by atoms with E-state index in [0.29, 0.717) is 0 Å². The van der Waals surface area contributed by atoms with Crippen molar-refractivity contribution in [2.75, 3.05) is 0 Å². The van der Waals surface area contributed by atoms with Crippen LogP contribution in [0, 0.1) is 0 Å². The molecule has 0 atom stereocenters. The maximum atomic E-state index is 4.52. The third kappa shape index (κ3) is 3.14. The van der Waals surface area contributed by atoms with Crippen LogP contribution >= 0.6 is 11.3 Å². The van der Waals surface area contributed by atoms with Crippen LogP contribution in [-0.2, 0) is 0 Å². The van der Waals surface area contributed by atoms with Crippen molar-refractivity contribution in [3.63, 3.8) is 0 Å². The minimum absolute atomic E-state index is 0.894. The van der Waals surface area contributed by atoms with Crippen molar-refractivity contribution in [3.05, 3.63) is 136 Å². The van der Waals surface area contributed by atoms with Crippen molar-refractivity contribution in [1.82, 2.24) is 9.13 Å². The number of hydrogen-bond donors (Lipinski definition) is 0. The Morgan fingerprint density at radius 3 is 1.95 bits per heavy atom. The summed E-state index contributed by atoms with van der Waals surface area (Å²) in [5.74, 6) is 0. The van der Waals surface area contributed by atoms with Gasteiger partial charge in [-0.15, -0.1) is 11.3 Å². The van der Waals surface area contributed by atoms with E-state index in [1.165, 1.54) is 52.8 Å². The molecule has 0 saturated carbocycles. The van der Waals surface area contributed by atoms with Gasteiger partial charge in [0.2, 0.25) is 0 Å². The molecule has 0 bridgehead atoms. The van der Waals surface area contributed by atoms with E-state index in [9.17, 15) is 0 Å². The standard InChI is InChI=1S/C36H26N2S/c1-5-8-16-23(4)37-28-20-12-9-17-25(28)31-34(37)33-27-19-11-14-22-30(27)39-36(33)32-26-18-10-13-21-29(26)38(35(31)32)24(7-3)15-6-2/h5-22H,1-4H2/b16-8-,24-15+. The maximum absolute atomic E-state index is 4.52. The lowest BCUT2D eigenvalue weighted by molar-refractivity contribution is 1.24. The SMILES string of the molecule is C=C/C=C\C(=C)n1c2ccccc2c2c1c1c3ccccc3sc1c1c3ccccc3n(/C(C=C)=C/C=C)c12. The molecule has 0 spiro atoms. The second kappa shape index (κ2) is 8.87. The first kappa shape index (κ1) is 23.3. The van der Waals surface area contributed by atoms with Crippen molar-refractivity contribution in [2.24, 2.45) is 0 Å². The molecule has 0 aliphatic heterocycles. The average Bonchev–Trinajstić information content (AvgIpc) is 3.62.